The zero-order chi connectivity index (χ0) is 13.8. The highest BCUT2D eigenvalue weighted by Gasteiger charge is 2.09. The fourth-order valence-corrected chi connectivity index (χ4v) is 1.68. The number of aromatic nitrogens is 2. The number of halogens is 2. The van der Waals surface area contributed by atoms with Crippen LogP contribution in [0.5, 0.6) is 5.75 Å². The summed E-state index contributed by atoms with van der Waals surface area (Å²) >= 11 is 0. The second-order valence-electron chi connectivity index (χ2n) is 3.81. The van der Waals surface area contributed by atoms with Crippen LogP contribution < -0.4 is 10.5 Å². The van der Waals surface area contributed by atoms with E-state index in [1.54, 1.807) is 18.2 Å². The van der Waals surface area contributed by atoms with Gasteiger partial charge in [0.25, 0.3) is 0 Å². The van der Waals surface area contributed by atoms with Gasteiger partial charge >= 0.3 is 6.61 Å². The lowest BCUT2D eigenvalue weighted by Crippen LogP contribution is -2.07. The molecule has 7 heteroatoms. The van der Waals surface area contributed by atoms with Crippen molar-refractivity contribution in [1.29, 1.82) is 0 Å². The van der Waals surface area contributed by atoms with Crippen molar-refractivity contribution in [3.8, 4) is 17.0 Å². The summed E-state index contributed by atoms with van der Waals surface area (Å²) in [5.74, 6) is 0.451. The van der Waals surface area contributed by atoms with Crippen molar-refractivity contribution in [2.24, 2.45) is 0 Å². The van der Waals surface area contributed by atoms with Crippen LogP contribution in [0.2, 0.25) is 0 Å². The van der Waals surface area contributed by atoms with Crippen molar-refractivity contribution in [3.05, 3.63) is 30.3 Å². The summed E-state index contributed by atoms with van der Waals surface area (Å²) in [6, 6.07) is 7.80. The first-order valence-corrected chi connectivity index (χ1v) is 5.59. The number of hydrogen-bond acceptors (Lipinski definition) is 4. The number of hydrogen-bond donors (Lipinski definition) is 2. The molecule has 0 aliphatic carbocycles. The molecule has 1 aromatic carbocycles. The Hall–Kier alpha value is -2.15. The summed E-state index contributed by atoms with van der Waals surface area (Å²) in [5.41, 5.74) is 6.87. The molecule has 0 radical (unpaired) electrons. The number of anilines is 1. The smallest absolute Gasteiger partial charge is 0.387 e. The van der Waals surface area contributed by atoms with Gasteiger partial charge < -0.3 is 15.6 Å². The van der Waals surface area contributed by atoms with Crippen LogP contribution in [0.1, 0.15) is 0 Å². The van der Waals surface area contributed by atoms with E-state index in [-0.39, 0.29) is 18.9 Å². The highest BCUT2D eigenvalue weighted by molar-refractivity contribution is 5.63. The Kier molecular flexibility index (Phi) is 3.96. The van der Waals surface area contributed by atoms with Gasteiger partial charge in [-0.25, -0.2) is 4.68 Å². The maximum absolute atomic E-state index is 12.1. The molecule has 0 saturated carbocycles. The van der Waals surface area contributed by atoms with Gasteiger partial charge in [0, 0.05) is 11.6 Å². The normalized spacial score (nSPS) is 10.9. The Morgan fingerprint density at radius 2 is 2.16 bits per heavy atom. The largest absolute Gasteiger partial charge is 0.435 e. The van der Waals surface area contributed by atoms with Crippen LogP contribution in [0.15, 0.2) is 30.3 Å². The SMILES string of the molecule is Nc1cc(-c2cccc(OC(F)F)c2)nn1CCO. The minimum atomic E-state index is -2.87. The lowest BCUT2D eigenvalue weighted by Gasteiger charge is -2.05. The second kappa shape index (κ2) is 5.66. The summed E-state index contributed by atoms with van der Waals surface area (Å²) in [6.45, 7) is -2.67. The van der Waals surface area contributed by atoms with Crippen molar-refractivity contribution in [2.75, 3.05) is 12.3 Å². The van der Waals surface area contributed by atoms with Crippen LogP contribution >= 0.6 is 0 Å². The molecular weight excluding hydrogens is 256 g/mol. The first kappa shape index (κ1) is 13.3. The monoisotopic (exact) mass is 269 g/mol. The van der Waals surface area contributed by atoms with Crippen LogP contribution in [0.4, 0.5) is 14.6 Å². The van der Waals surface area contributed by atoms with E-state index in [1.807, 2.05) is 0 Å². The molecule has 5 nitrogen and oxygen atoms in total. The molecule has 2 aromatic rings. The second-order valence-corrected chi connectivity index (χ2v) is 3.81. The van der Waals surface area contributed by atoms with Gasteiger partial charge in [-0.1, -0.05) is 12.1 Å². The quantitative estimate of drug-likeness (QED) is 0.867. The third kappa shape index (κ3) is 3.19. The Balaban J connectivity index is 2.28. The van der Waals surface area contributed by atoms with Gasteiger partial charge in [0.05, 0.1) is 18.8 Å². The van der Waals surface area contributed by atoms with E-state index in [4.69, 9.17) is 10.8 Å². The zero-order valence-electron chi connectivity index (χ0n) is 9.96. The Labute approximate surface area is 108 Å². The standard InChI is InChI=1S/C12H13F2N3O2/c13-12(14)19-9-3-1-2-8(6-9)10-7-11(15)17(16-10)4-5-18/h1-3,6-7,12,18H,4-5,15H2. The molecule has 0 spiro atoms. The van der Waals surface area contributed by atoms with Crippen molar-refractivity contribution >= 4 is 5.82 Å². The molecule has 102 valence electrons. The molecule has 2 rings (SSSR count). The summed E-state index contributed by atoms with van der Waals surface area (Å²) in [7, 11) is 0. The fraction of sp³-hybridized carbons (Fsp3) is 0.250. The summed E-state index contributed by atoms with van der Waals surface area (Å²) in [5, 5.41) is 13.0. The van der Waals surface area contributed by atoms with Crippen LogP contribution in [-0.2, 0) is 6.54 Å². The summed E-state index contributed by atoms with van der Waals surface area (Å²) in [4.78, 5) is 0. The molecule has 3 N–H and O–H groups in total. The maximum atomic E-state index is 12.1. The molecule has 0 fully saturated rings. The number of nitrogen functional groups attached to an aromatic ring is 1. The number of nitrogens with zero attached hydrogens (tertiary/aromatic N) is 2. The maximum Gasteiger partial charge on any atom is 0.387 e. The van der Waals surface area contributed by atoms with E-state index >= 15 is 0 Å². The van der Waals surface area contributed by atoms with Gasteiger partial charge in [-0.3, -0.25) is 0 Å². The lowest BCUT2D eigenvalue weighted by molar-refractivity contribution is -0.0498. The average Bonchev–Trinajstić information content (AvgIpc) is 2.71. The third-order valence-electron chi connectivity index (χ3n) is 2.48. The van der Waals surface area contributed by atoms with Crippen molar-refractivity contribution in [1.82, 2.24) is 9.78 Å². The number of benzene rings is 1. The highest BCUT2D eigenvalue weighted by Crippen LogP contribution is 2.25. The van der Waals surface area contributed by atoms with Crippen LogP contribution in [0, 0.1) is 0 Å². The highest BCUT2D eigenvalue weighted by atomic mass is 19.3. The van der Waals surface area contributed by atoms with E-state index in [2.05, 4.69) is 9.84 Å². The minimum absolute atomic E-state index is 0.0581. The number of ether oxygens (including phenoxy) is 1. The van der Waals surface area contributed by atoms with Crippen molar-refractivity contribution < 1.29 is 18.6 Å². The number of alkyl halides is 2. The first-order valence-electron chi connectivity index (χ1n) is 5.59. The average molecular weight is 269 g/mol. The molecule has 19 heavy (non-hydrogen) atoms. The minimum Gasteiger partial charge on any atom is -0.435 e. The van der Waals surface area contributed by atoms with Gasteiger partial charge in [0.2, 0.25) is 0 Å². The van der Waals surface area contributed by atoms with Gasteiger partial charge in [0.1, 0.15) is 11.6 Å². The topological polar surface area (TPSA) is 73.3 Å². The molecule has 0 amide bonds. The van der Waals surface area contributed by atoms with Gasteiger partial charge in [-0.15, -0.1) is 0 Å². The summed E-state index contributed by atoms with van der Waals surface area (Å²) < 4.78 is 30.0. The van der Waals surface area contributed by atoms with Crippen LogP contribution in [-0.4, -0.2) is 28.1 Å². The van der Waals surface area contributed by atoms with Gasteiger partial charge in [-0.2, -0.15) is 13.9 Å². The fourth-order valence-electron chi connectivity index (χ4n) is 1.68. The molecule has 0 saturated heterocycles. The van der Waals surface area contributed by atoms with Crippen LogP contribution in [0.25, 0.3) is 11.3 Å². The van der Waals surface area contributed by atoms with E-state index < -0.39 is 6.61 Å². The van der Waals surface area contributed by atoms with Crippen molar-refractivity contribution in [3.63, 3.8) is 0 Å². The van der Waals surface area contributed by atoms with E-state index in [0.29, 0.717) is 17.1 Å². The summed E-state index contributed by atoms with van der Waals surface area (Å²) in [6.07, 6.45) is 0. The molecule has 1 aromatic heterocycles. The molecule has 0 unspecified atom stereocenters. The molecule has 0 bridgehead atoms. The van der Waals surface area contributed by atoms with Gasteiger partial charge in [-0.05, 0) is 12.1 Å². The zero-order valence-corrected chi connectivity index (χ0v) is 9.96. The predicted octanol–water partition coefficient (Wildman–Crippen LogP) is 1.73. The predicted molar refractivity (Wildman–Crippen MR) is 65.8 cm³/mol. The number of aliphatic hydroxyl groups excluding tert-OH is 1. The first-order chi connectivity index (χ1) is 9.10. The number of nitrogens with two attached hydrogens (primary N) is 1. The van der Waals surface area contributed by atoms with E-state index in [1.165, 1.54) is 16.8 Å². The van der Waals surface area contributed by atoms with Crippen molar-refractivity contribution in [2.45, 2.75) is 13.2 Å². The number of rotatable bonds is 5. The Morgan fingerprint density at radius 3 is 2.84 bits per heavy atom. The van der Waals surface area contributed by atoms with E-state index in [0.717, 1.165) is 0 Å². The van der Waals surface area contributed by atoms with Gasteiger partial charge in [0.15, 0.2) is 0 Å². The lowest BCUT2D eigenvalue weighted by atomic mass is 10.1. The van der Waals surface area contributed by atoms with Crippen LogP contribution in [0.3, 0.4) is 0 Å². The Morgan fingerprint density at radius 1 is 1.37 bits per heavy atom. The molecule has 0 aliphatic rings. The molecule has 1 heterocycles. The Bertz CT molecular complexity index is 558. The number of aliphatic hydroxyl groups is 1. The molecule has 0 aliphatic heterocycles. The molecule has 0 atom stereocenters. The molecular formula is C12H13F2N3O2. The third-order valence-corrected chi connectivity index (χ3v) is 2.48. The van der Waals surface area contributed by atoms with E-state index in [9.17, 15) is 8.78 Å².